The molecule has 3 aromatic carbocycles. The minimum Gasteiger partial charge on any atom is -0.495 e. The first-order chi connectivity index (χ1) is 15.2. The van der Waals surface area contributed by atoms with E-state index in [1.54, 1.807) is 37.3 Å². The van der Waals surface area contributed by atoms with Crippen molar-refractivity contribution < 1.29 is 17.5 Å². The Balaban J connectivity index is 1.83. The SMILES string of the molecule is COc1ccc(F)cc1S(=O)(=O)Nc1cc(-n2c(C)nc3ccccc3c2=O)ccc1Cl. The van der Waals surface area contributed by atoms with Crippen molar-refractivity contribution in [2.24, 2.45) is 0 Å². The molecule has 164 valence electrons. The second kappa shape index (κ2) is 8.25. The highest BCUT2D eigenvalue weighted by atomic mass is 35.5. The summed E-state index contributed by atoms with van der Waals surface area (Å²) in [7, 11) is -2.98. The highest BCUT2D eigenvalue weighted by Crippen LogP contribution is 2.31. The van der Waals surface area contributed by atoms with E-state index in [1.165, 1.54) is 29.9 Å². The maximum atomic E-state index is 13.7. The number of nitrogens with one attached hydrogen (secondary N) is 1. The summed E-state index contributed by atoms with van der Waals surface area (Å²) in [4.78, 5) is 17.1. The molecule has 0 radical (unpaired) electrons. The molecule has 1 aromatic heterocycles. The molecular formula is C22H17ClFN3O4S. The van der Waals surface area contributed by atoms with Crippen LogP contribution in [0.15, 0.2) is 70.4 Å². The molecule has 4 rings (SSSR count). The monoisotopic (exact) mass is 473 g/mol. The summed E-state index contributed by atoms with van der Waals surface area (Å²) in [5.74, 6) is -0.357. The first kappa shape index (κ1) is 21.8. The van der Waals surface area contributed by atoms with Gasteiger partial charge in [-0.1, -0.05) is 23.7 Å². The standard InChI is InChI=1S/C22H17ClFN3O4S/c1-13-25-18-6-4-3-5-16(18)22(28)27(13)15-8-9-17(23)19(12-15)26-32(29,30)21-11-14(24)7-10-20(21)31-2/h3-12,26H,1-2H3. The predicted molar refractivity (Wildman–Crippen MR) is 121 cm³/mol. The van der Waals surface area contributed by atoms with Crippen molar-refractivity contribution in [3.63, 3.8) is 0 Å². The number of fused-ring (bicyclic) bond motifs is 1. The quantitative estimate of drug-likeness (QED) is 0.467. The molecule has 32 heavy (non-hydrogen) atoms. The number of para-hydroxylation sites is 1. The summed E-state index contributed by atoms with van der Waals surface area (Å²) in [6.45, 7) is 1.67. The van der Waals surface area contributed by atoms with E-state index < -0.39 is 15.8 Å². The van der Waals surface area contributed by atoms with Crippen LogP contribution < -0.4 is 15.0 Å². The summed E-state index contributed by atoms with van der Waals surface area (Å²) in [6.07, 6.45) is 0. The van der Waals surface area contributed by atoms with Crippen LogP contribution in [0.2, 0.25) is 5.02 Å². The first-order valence-corrected chi connectivity index (χ1v) is 11.2. The second-order valence-corrected chi connectivity index (χ2v) is 8.94. The molecule has 0 atom stereocenters. The molecule has 0 saturated heterocycles. The van der Waals surface area contributed by atoms with Crippen LogP contribution in [0, 0.1) is 12.7 Å². The molecule has 0 aliphatic heterocycles. The largest absolute Gasteiger partial charge is 0.495 e. The average molecular weight is 474 g/mol. The number of halogens is 2. The lowest BCUT2D eigenvalue weighted by Crippen LogP contribution is -2.22. The van der Waals surface area contributed by atoms with Gasteiger partial charge in [-0.25, -0.2) is 17.8 Å². The molecule has 10 heteroatoms. The van der Waals surface area contributed by atoms with Crippen molar-refractivity contribution in [2.75, 3.05) is 11.8 Å². The molecular weight excluding hydrogens is 457 g/mol. The number of hydrogen-bond acceptors (Lipinski definition) is 5. The molecule has 0 fully saturated rings. The van der Waals surface area contributed by atoms with Gasteiger partial charge in [-0.15, -0.1) is 0 Å². The Hall–Kier alpha value is -3.43. The van der Waals surface area contributed by atoms with Gasteiger partial charge in [0.15, 0.2) is 0 Å². The van der Waals surface area contributed by atoms with Gasteiger partial charge in [0.05, 0.1) is 34.4 Å². The molecule has 1 N–H and O–H groups in total. The molecule has 0 spiro atoms. The molecule has 0 amide bonds. The Kier molecular flexibility index (Phi) is 5.62. The number of ether oxygens (including phenoxy) is 1. The van der Waals surface area contributed by atoms with Gasteiger partial charge in [0.1, 0.15) is 22.3 Å². The predicted octanol–water partition coefficient (Wildman–Crippen LogP) is 4.30. The summed E-state index contributed by atoms with van der Waals surface area (Å²) < 4.78 is 48.4. The number of rotatable bonds is 5. The first-order valence-electron chi connectivity index (χ1n) is 9.36. The minimum absolute atomic E-state index is 0.00920. The lowest BCUT2D eigenvalue weighted by molar-refractivity contribution is 0.401. The van der Waals surface area contributed by atoms with Gasteiger partial charge in [-0.3, -0.25) is 14.1 Å². The summed E-state index contributed by atoms with van der Waals surface area (Å²) in [5, 5.41) is 0.506. The van der Waals surface area contributed by atoms with E-state index in [0.717, 1.165) is 12.1 Å². The van der Waals surface area contributed by atoms with E-state index in [2.05, 4.69) is 9.71 Å². The second-order valence-electron chi connectivity index (χ2n) is 6.88. The van der Waals surface area contributed by atoms with E-state index in [4.69, 9.17) is 16.3 Å². The van der Waals surface area contributed by atoms with E-state index in [0.29, 0.717) is 22.4 Å². The van der Waals surface area contributed by atoms with Crippen molar-refractivity contribution in [2.45, 2.75) is 11.8 Å². The number of benzene rings is 3. The van der Waals surface area contributed by atoms with E-state index in [1.807, 2.05) is 0 Å². The van der Waals surface area contributed by atoms with E-state index in [-0.39, 0.29) is 26.9 Å². The Morgan fingerprint density at radius 3 is 2.59 bits per heavy atom. The minimum atomic E-state index is -4.26. The molecule has 7 nitrogen and oxygen atoms in total. The van der Waals surface area contributed by atoms with Gasteiger partial charge >= 0.3 is 0 Å². The molecule has 0 unspecified atom stereocenters. The smallest absolute Gasteiger partial charge is 0.265 e. The number of nitrogens with zero attached hydrogens (tertiary/aromatic N) is 2. The third-order valence-electron chi connectivity index (χ3n) is 4.81. The van der Waals surface area contributed by atoms with Crippen molar-refractivity contribution in [3.05, 3.63) is 87.7 Å². The van der Waals surface area contributed by atoms with Crippen LogP contribution >= 0.6 is 11.6 Å². The van der Waals surface area contributed by atoms with Gasteiger partial charge in [0.2, 0.25) is 0 Å². The fourth-order valence-electron chi connectivity index (χ4n) is 3.34. The highest BCUT2D eigenvalue weighted by molar-refractivity contribution is 7.92. The topological polar surface area (TPSA) is 90.3 Å². The molecule has 0 aliphatic rings. The zero-order valence-electron chi connectivity index (χ0n) is 17.0. The lowest BCUT2D eigenvalue weighted by Gasteiger charge is -2.15. The van der Waals surface area contributed by atoms with Crippen LogP contribution in [0.25, 0.3) is 16.6 Å². The lowest BCUT2D eigenvalue weighted by atomic mass is 10.2. The van der Waals surface area contributed by atoms with Crippen molar-refractivity contribution in [3.8, 4) is 11.4 Å². The number of anilines is 1. The van der Waals surface area contributed by atoms with Gasteiger partial charge in [-0.2, -0.15) is 0 Å². The molecule has 0 bridgehead atoms. The maximum Gasteiger partial charge on any atom is 0.265 e. The number of hydrogen-bond donors (Lipinski definition) is 1. The third-order valence-corrected chi connectivity index (χ3v) is 6.53. The maximum absolute atomic E-state index is 13.7. The average Bonchev–Trinajstić information content (AvgIpc) is 2.75. The molecule has 0 saturated carbocycles. The van der Waals surface area contributed by atoms with Crippen molar-refractivity contribution in [1.82, 2.24) is 9.55 Å². The van der Waals surface area contributed by atoms with Crippen LogP contribution in [0.5, 0.6) is 5.75 Å². The van der Waals surface area contributed by atoms with Crippen LogP contribution in [-0.4, -0.2) is 25.1 Å². The summed E-state index contributed by atoms with van der Waals surface area (Å²) in [5.41, 5.74) is 0.615. The van der Waals surface area contributed by atoms with Crippen LogP contribution in [0.3, 0.4) is 0 Å². The van der Waals surface area contributed by atoms with Crippen LogP contribution in [0.4, 0.5) is 10.1 Å². The molecule has 1 heterocycles. The number of aryl methyl sites for hydroxylation is 1. The van der Waals surface area contributed by atoms with Crippen molar-refractivity contribution in [1.29, 1.82) is 0 Å². The van der Waals surface area contributed by atoms with Gasteiger partial charge < -0.3 is 4.74 Å². The highest BCUT2D eigenvalue weighted by Gasteiger charge is 2.22. The summed E-state index contributed by atoms with van der Waals surface area (Å²) >= 11 is 6.22. The Morgan fingerprint density at radius 2 is 1.84 bits per heavy atom. The van der Waals surface area contributed by atoms with Gasteiger partial charge in [-0.05, 0) is 55.5 Å². The zero-order valence-corrected chi connectivity index (χ0v) is 18.5. The molecule has 4 aromatic rings. The summed E-state index contributed by atoms with van der Waals surface area (Å²) in [6, 6.07) is 14.5. The van der Waals surface area contributed by atoms with Gasteiger partial charge in [0.25, 0.3) is 15.6 Å². The number of aromatic nitrogens is 2. The van der Waals surface area contributed by atoms with E-state index >= 15 is 0 Å². The number of methoxy groups -OCH3 is 1. The van der Waals surface area contributed by atoms with Crippen LogP contribution in [-0.2, 0) is 10.0 Å². The Bertz CT molecular complexity index is 1520. The molecule has 0 aliphatic carbocycles. The van der Waals surface area contributed by atoms with E-state index in [9.17, 15) is 17.6 Å². The normalized spacial score (nSPS) is 11.5. The fourth-order valence-corrected chi connectivity index (χ4v) is 4.81. The zero-order chi connectivity index (χ0) is 23.0. The third kappa shape index (κ3) is 3.92. The van der Waals surface area contributed by atoms with Crippen molar-refractivity contribution >= 4 is 38.2 Å². The van der Waals surface area contributed by atoms with Crippen LogP contribution in [0.1, 0.15) is 5.82 Å². The van der Waals surface area contributed by atoms with Gasteiger partial charge in [0, 0.05) is 0 Å². The number of sulfonamides is 1. The fraction of sp³-hybridized carbons (Fsp3) is 0.0909. The Labute approximate surface area is 188 Å². The Morgan fingerprint density at radius 1 is 1.09 bits per heavy atom.